The van der Waals surface area contributed by atoms with Crippen molar-refractivity contribution in [2.45, 2.75) is 51.1 Å². The molecule has 2 aliphatic rings. The summed E-state index contributed by atoms with van der Waals surface area (Å²) in [5, 5.41) is 2.99. The Kier molecular flexibility index (Phi) is 5.63. The van der Waals surface area contributed by atoms with Crippen LogP contribution in [0.15, 0.2) is 12.1 Å². The van der Waals surface area contributed by atoms with Gasteiger partial charge in [0.2, 0.25) is 0 Å². The van der Waals surface area contributed by atoms with Gasteiger partial charge in [-0.1, -0.05) is 6.42 Å². The smallest absolute Gasteiger partial charge is 0.254 e. The van der Waals surface area contributed by atoms with Crippen LogP contribution < -0.4 is 11.1 Å². The molecule has 0 spiro atoms. The van der Waals surface area contributed by atoms with Crippen LogP contribution in [0, 0.1) is 30.4 Å². The Hall–Kier alpha value is -1.20. The van der Waals surface area contributed by atoms with Crippen LogP contribution >= 0.6 is 12.4 Å². The molecule has 2 saturated carbocycles. The van der Waals surface area contributed by atoms with Gasteiger partial charge in [-0.05, 0) is 56.1 Å². The van der Waals surface area contributed by atoms with Gasteiger partial charge < -0.3 is 11.1 Å². The standard InChI is InChI=1S/C17H22F2N2O.ClH/c1-9-5-13(15(19)8-14(9)18)17(22)21-16-10-3-2-4-11(16)7-12(20)6-10;/h5,8,10-12,16H,2-4,6-7,20H2,1H3,(H,21,22);1H. The highest BCUT2D eigenvalue weighted by Gasteiger charge is 2.40. The first-order valence-corrected chi connectivity index (χ1v) is 7.97. The molecule has 1 amide bonds. The summed E-state index contributed by atoms with van der Waals surface area (Å²) in [6.07, 6.45) is 5.09. The zero-order valence-electron chi connectivity index (χ0n) is 13.1. The van der Waals surface area contributed by atoms with Crippen molar-refractivity contribution >= 4 is 18.3 Å². The number of carbonyl (C=O) groups excluding carboxylic acids is 1. The van der Waals surface area contributed by atoms with E-state index in [2.05, 4.69) is 5.32 Å². The average molecular weight is 345 g/mol. The molecule has 128 valence electrons. The largest absolute Gasteiger partial charge is 0.349 e. The molecule has 0 aromatic heterocycles. The lowest BCUT2D eigenvalue weighted by Crippen LogP contribution is -2.53. The minimum Gasteiger partial charge on any atom is -0.349 e. The second-order valence-corrected chi connectivity index (χ2v) is 6.76. The first-order valence-electron chi connectivity index (χ1n) is 7.97. The lowest BCUT2D eigenvalue weighted by molar-refractivity contribution is 0.0752. The number of hydrogen-bond acceptors (Lipinski definition) is 2. The maximum atomic E-state index is 13.9. The van der Waals surface area contributed by atoms with Gasteiger partial charge >= 0.3 is 0 Å². The number of halogens is 3. The molecule has 6 heteroatoms. The average Bonchev–Trinajstić information content (AvgIpc) is 2.43. The van der Waals surface area contributed by atoms with Gasteiger partial charge in [0.15, 0.2) is 0 Å². The molecule has 1 aromatic rings. The first kappa shape index (κ1) is 18.1. The molecule has 0 heterocycles. The summed E-state index contributed by atoms with van der Waals surface area (Å²) in [5.74, 6) is -1.14. The molecule has 1 aromatic carbocycles. The van der Waals surface area contributed by atoms with E-state index >= 15 is 0 Å². The summed E-state index contributed by atoms with van der Waals surface area (Å²) in [5.41, 5.74) is 6.27. The summed E-state index contributed by atoms with van der Waals surface area (Å²) >= 11 is 0. The van der Waals surface area contributed by atoms with E-state index in [9.17, 15) is 13.6 Å². The summed E-state index contributed by atoms with van der Waals surface area (Å²) in [6.45, 7) is 1.53. The number of carbonyl (C=O) groups is 1. The quantitative estimate of drug-likeness (QED) is 0.864. The van der Waals surface area contributed by atoms with Gasteiger partial charge in [0.05, 0.1) is 5.56 Å². The van der Waals surface area contributed by atoms with Crippen LogP contribution in [0.4, 0.5) is 8.78 Å². The Bertz CT molecular complexity index is 582. The summed E-state index contributed by atoms with van der Waals surface area (Å²) < 4.78 is 27.2. The number of benzene rings is 1. The Balaban J connectivity index is 0.00000192. The number of amides is 1. The van der Waals surface area contributed by atoms with Gasteiger partial charge in [-0.3, -0.25) is 4.79 Å². The van der Waals surface area contributed by atoms with Gasteiger partial charge in [0, 0.05) is 18.2 Å². The van der Waals surface area contributed by atoms with Gasteiger partial charge in [-0.15, -0.1) is 12.4 Å². The number of aryl methyl sites for hydroxylation is 1. The van der Waals surface area contributed by atoms with Crippen molar-refractivity contribution in [3.8, 4) is 0 Å². The van der Waals surface area contributed by atoms with Crippen LogP contribution in [0.25, 0.3) is 0 Å². The zero-order chi connectivity index (χ0) is 15.9. The van der Waals surface area contributed by atoms with Crippen molar-refractivity contribution in [2.75, 3.05) is 0 Å². The zero-order valence-corrected chi connectivity index (χ0v) is 14.0. The molecule has 2 bridgehead atoms. The lowest BCUT2D eigenvalue weighted by atomic mass is 9.67. The van der Waals surface area contributed by atoms with Crippen LogP contribution in [0.1, 0.15) is 48.0 Å². The molecule has 3 nitrogen and oxygen atoms in total. The van der Waals surface area contributed by atoms with Crippen molar-refractivity contribution in [2.24, 2.45) is 17.6 Å². The maximum Gasteiger partial charge on any atom is 0.254 e. The predicted octanol–water partition coefficient (Wildman–Crippen LogP) is 3.33. The molecule has 2 fully saturated rings. The van der Waals surface area contributed by atoms with E-state index in [1.165, 1.54) is 19.4 Å². The number of fused-ring (bicyclic) bond motifs is 2. The molecule has 2 atom stereocenters. The lowest BCUT2D eigenvalue weighted by Gasteiger charge is -2.45. The van der Waals surface area contributed by atoms with Crippen molar-refractivity contribution in [1.82, 2.24) is 5.32 Å². The topological polar surface area (TPSA) is 55.1 Å². The van der Waals surface area contributed by atoms with Crippen LogP contribution in [-0.4, -0.2) is 18.0 Å². The molecule has 0 saturated heterocycles. The number of nitrogens with one attached hydrogen (secondary N) is 1. The van der Waals surface area contributed by atoms with Gasteiger partial charge in [-0.2, -0.15) is 0 Å². The Labute approximate surface area is 141 Å². The summed E-state index contributed by atoms with van der Waals surface area (Å²) in [6, 6.07) is 2.32. The molecule has 23 heavy (non-hydrogen) atoms. The second-order valence-electron chi connectivity index (χ2n) is 6.76. The van der Waals surface area contributed by atoms with E-state index in [1.54, 1.807) is 0 Å². The van der Waals surface area contributed by atoms with Gasteiger partial charge in [0.1, 0.15) is 11.6 Å². The van der Waals surface area contributed by atoms with Crippen LogP contribution in [0.2, 0.25) is 0 Å². The van der Waals surface area contributed by atoms with E-state index in [1.807, 2.05) is 0 Å². The van der Waals surface area contributed by atoms with Crippen LogP contribution in [0.5, 0.6) is 0 Å². The first-order chi connectivity index (χ1) is 10.5. The minimum absolute atomic E-state index is 0. The summed E-state index contributed by atoms with van der Waals surface area (Å²) in [7, 11) is 0. The fourth-order valence-corrected chi connectivity index (χ4v) is 4.09. The van der Waals surface area contributed by atoms with Crippen LogP contribution in [-0.2, 0) is 0 Å². The van der Waals surface area contributed by atoms with Crippen molar-refractivity contribution in [3.05, 3.63) is 34.9 Å². The molecule has 3 rings (SSSR count). The van der Waals surface area contributed by atoms with E-state index in [-0.39, 0.29) is 35.6 Å². The number of rotatable bonds is 2. The number of nitrogens with two attached hydrogens (primary N) is 1. The highest BCUT2D eigenvalue weighted by molar-refractivity contribution is 5.94. The third kappa shape index (κ3) is 3.66. The van der Waals surface area contributed by atoms with Crippen molar-refractivity contribution in [3.63, 3.8) is 0 Å². The molecular weight excluding hydrogens is 322 g/mol. The van der Waals surface area contributed by atoms with E-state index in [0.717, 1.165) is 31.7 Å². The van der Waals surface area contributed by atoms with Gasteiger partial charge in [0.25, 0.3) is 5.91 Å². The Morgan fingerprint density at radius 1 is 1.17 bits per heavy atom. The van der Waals surface area contributed by atoms with Gasteiger partial charge in [-0.25, -0.2) is 8.78 Å². The fraction of sp³-hybridized carbons (Fsp3) is 0.588. The third-order valence-corrected chi connectivity index (χ3v) is 5.17. The van der Waals surface area contributed by atoms with E-state index < -0.39 is 17.5 Å². The van der Waals surface area contributed by atoms with Crippen molar-refractivity contribution in [1.29, 1.82) is 0 Å². The van der Waals surface area contributed by atoms with E-state index in [4.69, 9.17) is 5.73 Å². The van der Waals surface area contributed by atoms with Crippen LogP contribution in [0.3, 0.4) is 0 Å². The maximum absolute atomic E-state index is 13.9. The molecule has 0 radical (unpaired) electrons. The molecule has 3 N–H and O–H groups in total. The fourth-order valence-electron chi connectivity index (χ4n) is 4.09. The Morgan fingerprint density at radius 2 is 1.78 bits per heavy atom. The molecule has 0 aliphatic heterocycles. The normalized spacial score (nSPS) is 29.6. The second kappa shape index (κ2) is 7.14. The van der Waals surface area contributed by atoms with E-state index in [0.29, 0.717) is 11.8 Å². The molecule has 2 aliphatic carbocycles. The minimum atomic E-state index is -0.807. The molecule has 2 unspecified atom stereocenters. The SMILES string of the molecule is Cc1cc(C(=O)NC2C3CCCC2CC(N)C3)c(F)cc1F.Cl. The highest BCUT2D eigenvalue weighted by Crippen LogP contribution is 2.39. The van der Waals surface area contributed by atoms with Crippen molar-refractivity contribution < 1.29 is 13.6 Å². The predicted molar refractivity (Wildman–Crippen MR) is 87.6 cm³/mol. The third-order valence-electron chi connectivity index (χ3n) is 5.17. The molecular formula is C17H23ClF2N2O. The Morgan fingerprint density at radius 3 is 2.39 bits per heavy atom. The highest BCUT2D eigenvalue weighted by atomic mass is 35.5. The summed E-state index contributed by atoms with van der Waals surface area (Å²) in [4.78, 5) is 12.4. The number of hydrogen-bond donors (Lipinski definition) is 2. The monoisotopic (exact) mass is 344 g/mol.